The Hall–Kier alpha value is -2.60. The molecule has 0 unspecified atom stereocenters. The van der Waals surface area contributed by atoms with Crippen LogP contribution in [0.25, 0.3) is 0 Å². The Morgan fingerprint density at radius 3 is 1.97 bits per heavy atom. The molecule has 0 spiro atoms. The summed E-state index contributed by atoms with van der Waals surface area (Å²) in [6.45, 7) is 3.58. The SMILES string of the molecule is COc1ccc(CN(Cc2ccc(OC)cc2P(C)(C)=O)S(=O)(=O)c2ccccc2)cc1. The number of rotatable bonds is 9. The fraction of sp³-hybridized carbons (Fsp3) is 0.250. The zero-order valence-corrected chi connectivity index (χ0v) is 20.4. The van der Waals surface area contributed by atoms with Gasteiger partial charge in [0.15, 0.2) is 0 Å². The highest BCUT2D eigenvalue weighted by molar-refractivity contribution is 7.89. The molecule has 170 valence electrons. The van der Waals surface area contributed by atoms with Crippen molar-refractivity contribution in [1.82, 2.24) is 4.31 Å². The maximum atomic E-state index is 13.6. The van der Waals surface area contributed by atoms with E-state index in [0.717, 1.165) is 5.56 Å². The summed E-state index contributed by atoms with van der Waals surface area (Å²) in [5.74, 6) is 1.28. The van der Waals surface area contributed by atoms with Crippen molar-refractivity contribution in [2.75, 3.05) is 27.5 Å². The fourth-order valence-electron chi connectivity index (χ4n) is 3.40. The summed E-state index contributed by atoms with van der Waals surface area (Å²) in [5, 5.41) is 0.611. The van der Waals surface area contributed by atoms with E-state index in [1.165, 1.54) is 4.31 Å². The topological polar surface area (TPSA) is 72.9 Å². The standard InChI is InChI=1S/C24H28NO5PS/c1-29-21-13-10-19(11-14-21)17-25(32(27,28)23-8-6-5-7-9-23)18-20-12-15-22(30-2)16-24(20)31(3,4)26/h5-16H,17-18H2,1-4H3. The molecule has 0 aliphatic carbocycles. The first kappa shape index (κ1) is 24.1. The maximum Gasteiger partial charge on any atom is 0.243 e. The van der Waals surface area contributed by atoms with E-state index in [1.807, 2.05) is 12.1 Å². The lowest BCUT2D eigenvalue weighted by Crippen LogP contribution is -2.32. The Kier molecular flexibility index (Phi) is 7.44. The van der Waals surface area contributed by atoms with Crippen molar-refractivity contribution in [2.45, 2.75) is 18.0 Å². The molecule has 0 aliphatic heterocycles. The van der Waals surface area contributed by atoms with Crippen molar-refractivity contribution in [3.05, 3.63) is 83.9 Å². The quantitative estimate of drug-likeness (QED) is 0.432. The van der Waals surface area contributed by atoms with Gasteiger partial charge in [0.1, 0.15) is 18.6 Å². The number of ether oxygens (including phenoxy) is 2. The van der Waals surface area contributed by atoms with E-state index >= 15 is 0 Å². The largest absolute Gasteiger partial charge is 0.497 e. The Balaban J connectivity index is 2.06. The van der Waals surface area contributed by atoms with Gasteiger partial charge in [-0.15, -0.1) is 0 Å². The summed E-state index contributed by atoms with van der Waals surface area (Å²) in [7, 11) is -3.37. The van der Waals surface area contributed by atoms with E-state index in [9.17, 15) is 13.0 Å². The first-order valence-corrected chi connectivity index (χ1v) is 14.1. The van der Waals surface area contributed by atoms with Crippen molar-refractivity contribution < 1.29 is 22.5 Å². The van der Waals surface area contributed by atoms with Crippen molar-refractivity contribution in [3.63, 3.8) is 0 Å². The predicted octanol–water partition coefficient (Wildman–Crippen LogP) is 4.34. The Morgan fingerprint density at radius 2 is 1.41 bits per heavy atom. The molecule has 0 bridgehead atoms. The van der Waals surface area contributed by atoms with E-state index in [1.54, 1.807) is 88.2 Å². The summed E-state index contributed by atoms with van der Waals surface area (Å²) in [4.78, 5) is 0.208. The Labute approximate surface area is 190 Å². The molecule has 6 nitrogen and oxygen atoms in total. The average molecular weight is 474 g/mol. The van der Waals surface area contributed by atoms with Gasteiger partial charge in [0.2, 0.25) is 10.0 Å². The second-order valence-electron chi connectivity index (χ2n) is 7.78. The van der Waals surface area contributed by atoms with Crippen molar-refractivity contribution in [3.8, 4) is 11.5 Å². The molecule has 0 N–H and O–H groups in total. The lowest BCUT2D eigenvalue weighted by atomic mass is 10.2. The van der Waals surface area contributed by atoms with Crippen LogP contribution in [0.2, 0.25) is 0 Å². The molecule has 32 heavy (non-hydrogen) atoms. The van der Waals surface area contributed by atoms with Crippen LogP contribution in [0.1, 0.15) is 11.1 Å². The van der Waals surface area contributed by atoms with Crippen molar-refractivity contribution >= 4 is 22.5 Å². The summed E-state index contributed by atoms with van der Waals surface area (Å²) in [6.07, 6.45) is 0. The molecule has 0 radical (unpaired) electrons. The van der Waals surface area contributed by atoms with Gasteiger partial charge in [0.25, 0.3) is 0 Å². The highest BCUT2D eigenvalue weighted by Gasteiger charge is 2.27. The van der Waals surface area contributed by atoms with Gasteiger partial charge in [-0.25, -0.2) is 8.42 Å². The monoisotopic (exact) mass is 473 g/mol. The minimum atomic E-state index is -3.81. The van der Waals surface area contributed by atoms with Crippen molar-refractivity contribution in [2.24, 2.45) is 0 Å². The Morgan fingerprint density at radius 1 is 0.812 bits per heavy atom. The van der Waals surface area contributed by atoms with Gasteiger partial charge in [-0.05, 0) is 60.9 Å². The fourth-order valence-corrected chi connectivity index (χ4v) is 6.10. The smallest absolute Gasteiger partial charge is 0.243 e. The molecule has 3 rings (SSSR count). The molecule has 0 saturated carbocycles. The van der Waals surface area contributed by atoms with E-state index in [-0.39, 0.29) is 18.0 Å². The van der Waals surface area contributed by atoms with Gasteiger partial charge in [0.05, 0.1) is 19.1 Å². The number of sulfonamides is 1. The number of nitrogens with zero attached hydrogens (tertiary/aromatic N) is 1. The third-order valence-electron chi connectivity index (χ3n) is 5.12. The van der Waals surface area contributed by atoms with Crippen molar-refractivity contribution in [1.29, 1.82) is 0 Å². The van der Waals surface area contributed by atoms with E-state index < -0.39 is 17.2 Å². The first-order valence-electron chi connectivity index (χ1n) is 10.1. The second-order valence-corrected chi connectivity index (χ2v) is 12.9. The number of benzene rings is 3. The lowest BCUT2D eigenvalue weighted by molar-refractivity contribution is 0.398. The number of hydrogen-bond donors (Lipinski definition) is 0. The number of methoxy groups -OCH3 is 2. The summed E-state index contributed by atoms with van der Waals surface area (Å²) >= 11 is 0. The van der Waals surface area contributed by atoms with Crippen LogP contribution in [0.15, 0.2) is 77.7 Å². The molecule has 0 fully saturated rings. The zero-order valence-electron chi connectivity index (χ0n) is 18.7. The first-order chi connectivity index (χ1) is 15.1. The van der Waals surface area contributed by atoms with Crippen LogP contribution in [0.5, 0.6) is 11.5 Å². The summed E-state index contributed by atoms with van der Waals surface area (Å²) < 4.78 is 52.0. The van der Waals surface area contributed by atoms with Gasteiger partial charge >= 0.3 is 0 Å². The third-order valence-corrected chi connectivity index (χ3v) is 8.50. The molecule has 0 aliphatic rings. The average Bonchev–Trinajstić information content (AvgIpc) is 2.79. The van der Waals surface area contributed by atoms with Crippen LogP contribution in [-0.4, -0.2) is 40.3 Å². The molecule has 3 aromatic rings. The highest BCUT2D eigenvalue weighted by atomic mass is 32.2. The molecule has 0 amide bonds. The molecular weight excluding hydrogens is 445 g/mol. The van der Waals surface area contributed by atoms with E-state index in [4.69, 9.17) is 9.47 Å². The van der Waals surface area contributed by atoms with Gasteiger partial charge < -0.3 is 14.0 Å². The zero-order chi connectivity index (χ0) is 23.4. The van der Waals surface area contributed by atoms with Crippen LogP contribution in [0.3, 0.4) is 0 Å². The molecule has 0 saturated heterocycles. The lowest BCUT2D eigenvalue weighted by Gasteiger charge is -2.25. The Bertz CT molecular complexity index is 1200. The maximum absolute atomic E-state index is 13.6. The molecule has 8 heteroatoms. The summed E-state index contributed by atoms with van der Waals surface area (Å²) in [5.41, 5.74) is 1.50. The second kappa shape index (κ2) is 9.90. The highest BCUT2D eigenvalue weighted by Crippen LogP contribution is 2.38. The number of hydrogen-bond acceptors (Lipinski definition) is 5. The third kappa shape index (κ3) is 5.60. The molecular formula is C24H28NO5PS. The van der Waals surface area contributed by atoms with Crippen LogP contribution >= 0.6 is 7.14 Å². The minimum absolute atomic E-state index is 0.0776. The molecule has 0 aromatic heterocycles. The van der Waals surface area contributed by atoms with Crippen LogP contribution < -0.4 is 14.8 Å². The van der Waals surface area contributed by atoms with Gasteiger partial charge in [-0.2, -0.15) is 4.31 Å². The normalized spacial score (nSPS) is 12.0. The molecule has 0 atom stereocenters. The van der Waals surface area contributed by atoms with Gasteiger partial charge in [0, 0.05) is 18.4 Å². The van der Waals surface area contributed by atoms with Gasteiger partial charge in [-0.3, -0.25) is 0 Å². The summed E-state index contributed by atoms with van der Waals surface area (Å²) in [6, 6.07) is 20.9. The van der Waals surface area contributed by atoms with E-state index in [2.05, 4.69) is 0 Å². The van der Waals surface area contributed by atoms with Gasteiger partial charge in [-0.1, -0.05) is 36.4 Å². The van der Waals surface area contributed by atoms with E-state index in [0.29, 0.717) is 22.4 Å². The van der Waals surface area contributed by atoms with Crippen LogP contribution in [0, 0.1) is 0 Å². The molecule has 3 aromatic carbocycles. The molecule has 0 heterocycles. The predicted molar refractivity (Wildman–Crippen MR) is 128 cm³/mol. The van der Waals surface area contributed by atoms with Crippen LogP contribution in [0.4, 0.5) is 0 Å². The van der Waals surface area contributed by atoms with Crippen LogP contribution in [-0.2, 0) is 27.7 Å². The minimum Gasteiger partial charge on any atom is -0.497 e.